The standard InChI is InChI=1S/3H2NO3.O.Zn/c3*2-1(3)4;;/h3*2-3H;;/q3*-1;-2;+3. The van der Waals surface area contributed by atoms with Crippen molar-refractivity contribution in [1.82, 2.24) is 0 Å². The van der Waals surface area contributed by atoms with Crippen LogP contribution in [0, 0.1) is 15.6 Å². The predicted octanol–water partition coefficient (Wildman–Crippen LogP) is -1.49. The van der Waals surface area contributed by atoms with E-state index in [0.717, 1.165) is 0 Å². The van der Waals surface area contributed by atoms with Gasteiger partial charge in [-0.15, -0.1) is 0 Å². The Kier molecular flexibility index (Phi) is 5.09. The Hall–Kier alpha value is 0.103. The van der Waals surface area contributed by atoms with E-state index in [2.05, 4.69) is 0 Å². The monoisotopic (exact) mass is 272 g/mol. The maximum atomic E-state index is 10.2. The van der Waals surface area contributed by atoms with Gasteiger partial charge in [0.15, 0.2) is 0 Å². The summed E-state index contributed by atoms with van der Waals surface area (Å²) in [5.41, 5.74) is 0. The Balaban J connectivity index is 0. The van der Waals surface area contributed by atoms with Crippen molar-refractivity contribution < 1.29 is 64.5 Å². The normalized spacial score (nSPS) is 13.5. The number of hydrogen-bond acceptors (Lipinski definition) is 9. The van der Waals surface area contributed by atoms with Gasteiger partial charge >= 0.3 is 74.7 Å². The van der Waals surface area contributed by atoms with Crippen LogP contribution >= 0.6 is 0 Å². The van der Waals surface area contributed by atoms with Crippen LogP contribution in [-0.4, -0.2) is 42.4 Å². The van der Waals surface area contributed by atoms with Crippen LogP contribution in [0.4, 0.5) is 0 Å². The Morgan fingerprint density at radius 2 is 0.786 bits per heavy atom. The van der Waals surface area contributed by atoms with Crippen molar-refractivity contribution in [2.24, 2.45) is 0 Å². The minimum absolute atomic E-state index is 0. The summed E-state index contributed by atoms with van der Waals surface area (Å²) in [5.74, 6) is 0. The molecule has 0 aromatic carbocycles. The molecule has 14 heavy (non-hydrogen) atoms. The fourth-order valence-electron chi connectivity index (χ4n) is 0.720. The molecular formula is H6N3O10Zn-2. The van der Waals surface area contributed by atoms with Crippen LogP contribution in [-0.2, 0) is 22.1 Å². The second-order valence-corrected chi connectivity index (χ2v) is 9.38. The van der Waals surface area contributed by atoms with Crippen molar-refractivity contribution >= 4 is 0 Å². The Bertz CT molecular complexity index is 138. The van der Waals surface area contributed by atoms with Gasteiger partial charge in [0, 0.05) is 0 Å². The molecule has 0 aliphatic rings. The zero-order chi connectivity index (χ0) is 11.1. The van der Waals surface area contributed by atoms with E-state index in [9.17, 15) is 15.6 Å². The van der Waals surface area contributed by atoms with Crippen LogP contribution in [0.15, 0.2) is 0 Å². The maximum absolute atomic E-state index is 10.2. The molecule has 0 bridgehead atoms. The first-order valence-electron chi connectivity index (χ1n) is 2.70. The molecule has 6 N–H and O–H groups in total. The Morgan fingerprint density at radius 3 is 0.786 bits per heavy atom. The van der Waals surface area contributed by atoms with Crippen molar-refractivity contribution in [3.63, 3.8) is 0 Å². The van der Waals surface area contributed by atoms with E-state index >= 15 is 0 Å². The van der Waals surface area contributed by atoms with E-state index in [1.54, 1.807) is 0 Å². The van der Waals surface area contributed by atoms with Gasteiger partial charge in [-0.05, 0) is 0 Å². The minimum atomic E-state index is -6.08. The van der Waals surface area contributed by atoms with Gasteiger partial charge in [-0.25, -0.2) is 0 Å². The first-order chi connectivity index (χ1) is 5.37. The topological polar surface area (TPSA) is 219 Å². The molecule has 0 saturated heterocycles. The molecule has 13 nitrogen and oxygen atoms in total. The zero-order valence-corrected chi connectivity index (χ0v) is 9.33. The molecule has 0 heterocycles. The third-order valence-corrected chi connectivity index (χ3v) is 5.74. The summed E-state index contributed by atoms with van der Waals surface area (Å²) >= 11 is -6.08. The molecule has 0 radical (unpaired) electrons. The molecule has 0 aliphatic carbocycles. The van der Waals surface area contributed by atoms with Crippen LogP contribution in [0.5, 0.6) is 0 Å². The summed E-state index contributed by atoms with van der Waals surface area (Å²) in [4.78, 5) is 0. The average molecular weight is 273 g/mol. The molecule has 0 aromatic rings. The zero-order valence-electron chi connectivity index (χ0n) is 6.37. The summed E-state index contributed by atoms with van der Waals surface area (Å²) in [7, 11) is 0. The summed E-state index contributed by atoms with van der Waals surface area (Å²) in [6.07, 6.45) is 0. The van der Waals surface area contributed by atoms with Gasteiger partial charge < -0.3 is 5.48 Å². The van der Waals surface area contributed by atoms with E-state index in [1.165, 1.54) is 0 Å². The second kappa shape index (κ2) is 4.31. The first-order valence-corrected chi connectivity index (χ1v) is 6.68. The molecule has 0 unspecified atom stereocenters. The molecular weight excluding hydrogens is 267 g/mol. The molecule has 0 saturated carbocycles. The van der Waals surface area contributed by atoms with Gasteiger partial charge in [-0.1, -0.05) is 0 Å². The van der Waals surface area contributed by atoms with Crippen molar-refractivity contribution in [1.29, 1.82) is 0 Å². The van der Waals surface area contributed by atoms with E-state index in [1.807, 2.05) is 0 Å². The molecule has 0 atom stereocenters. The SMILES string of the molecule is [O-2].[O-][N+](O)(O)[Zn]([N+]([O-])(O)O)[N+]([O-])(O)O. The van der Waals surface area contributed by atoms with Gasteiger partial charge in [-0.3, -0.25) is 0 Å². The molecule has 0 aromatic heterocycles. The quantitative estimate of drug-likeness (QED) is 0.260. The van der Waals surface area contributed by atoms with Crippen LogP contribution in [0.3, 0.4) is 0 Å². The number of quaternary nitrogens is 3. The molecule has 0 fully saturated rings. The van der Waals surface area contributed by atoms with Gasteiger partial charge in [0.1, 0.15) is 0 Å². The molecule has 0 spiro atoms. The van der Waals surface area contributed by atoms with E-state index in [-0.39, 0.29) is 5.48 Å². The van der Waals surface area contributed by atoms with E-state index in [4.69, 9.17) is 31.2 Å². The van der Waals surface area contributed by atoms with Gasteiger partial charge in [0.05, 0.1) is 0 Å². The molecule has 0 rings (SSSR count). The van der Waals surface area contributed by atoms with E-state index < -0.39 is 27.8 Å². The summed E-state index contributed by atoms with van der Waals surface area (Å²) in [6, 6.07) is 0. The van der Waals surface area contributed by atoms with Crippen LogP contribution in [0.25, 0.3) is 0 Å². The van der Waals surface area contributed by atoms with Crippen LogP contribution in [0.2, 0.25) is 0 Å². The van der Waals surface area contributed by atoms with Crippen LogP contribution in [0.1, 0.15) is 0 Å². The first kappa shape index (κ1) is 16.5. The fraction of sp³-hybridized carbons (Fsp3) is 0. The van der Waals surface area contributed by atoms with Gasteiger partial charge in [0.25, 0.3) is 0 Å². The van der Waals surface area contributed by atoms with E-state index in [0.29, 0.717) is 0 Å². The average Bonchev–Trinajstić information content (AvgIpc) is 1.44. The number of hydrogen-bond donors (Lipinski definition) is 6. The van der Waals surface area contributed by atoms with Crippen LogP contribution < -0.4 is 0 Å². The number of nitrogens with zero attached hydrogens (tertiary/aromatic N) is 3. The third kappa shape index (κ3) is 4.55. The molecule has 14 heteroatoms. The van der Waals surface area contributed by atoms with Gasteiger partial charge in [-0.2, -0.15) is 0 Å². The van der Waals surface area contributed by atoms with Crippen molar-refractivity contribution in [3.05, 3.63) is 15.6 Å². The Labute approximate surface area is 80.9 Å². The summed E-state index contributed by atoms with van der Waals surface area (Å²) in [5, 5.41) is 79.1. The molecule has 0 amide bonds. The Morgan fingerprint density at radius 1 is 0.643 bits per heavy atom. The van der Waals surface area contributed by atoms with Gasteiger partial charge in [0.2, 0.25) is 0 Å². The van der Waals surface area contributed by atoms with Crippen molar-refractivity contribution in [3.8, 4) is 0 Å². The number of rotatable bonds is 3. The molecule has 85 valence electrons. The fourth-order valence-corrected chi connectivity index (χ4v) is 3.74. The third-order valence-electron chi connectivity index (χ3n) is 1.11. The summed E-state index contributed by atoms with van der Waals surface area (Å²) < 4.78 is -11.1. The van der Waals surface area contributed by atoms with Crippen molar-refractivity contribution in [2.75, 3.05) is 0 Å². The molecule has 0 aliphatic heterocycles. The predicted molar refractivity (Wildman–Crippen MR) is 22.3 cm³/mol. The second-order valence-electron chi connectivity index (χ2n) is 2.42. The summed E-state index contributed by atoms with van der Waals surface area (Å²) in [6.45, 7) is 0. The van der Waals surface area contributed by atoms with Crippen molar-refractivity contribution in [2.45, 2.75) is 0 Å².